The predicted octanol–water partition coefficient (Wildman–Crippen LogP) is 1.73. The molecule has 0 radical (unpaired) electrons. The molecule has 0 aliphatic carbocycles. The summed E-state index contributed by atoms with van der Waals surface area (Å²) in [6, 6.07) is 0. The van der Waals surface area contributed by atoms with Crippen LogP contribution in [0.2, 0.25) is 0 Å². The van der Waals surface area contributed by atoms with E-state index in [9.17, 15) is 0 Å². The molecule has 3 nitrogen and oxygen atoms in total. The van der Waals surface area contributed by atoms with Gasteiger partial charge in [-0.05, 0) is 12.8 Å². The van der Waals surface area contributed by atoms with Crippen molar-refractivity contribution in [2.24, 2.45) is 0 Å². The minimum atomic E-state index is -0.0440. The summed E-state index contributed by atoms with van der Waals surface area (Å²) < 4.78 is 16.1. The Morgan fingerprint density at radius 2 is 2.08 bits per heavy atom. The van der Waals surface area contributed by atoms with Gasteiger partial charge in [-0.2, -0.15) is 0 Å². The lowest BCUT2D eigenvalue weighted by atomic mass is 10.4. The van der Waals surface area contributed by atoms with Crippen LogP contribution in [-0.4, -0.2) is 32.7 Å². The molecular weight excluding hydrogens is 168 g/mol. The molecule has 1 fully saturated rings. The summed E-state index contributed by atoms with van der Waals surface area (Å²) in [4.78, 5) is 0. The van der Waals surface area contributed by atoms with Gasteiger partial charge in [0.15, 0.2) is 6.29 Å². The highest BCUT2D eigenvalue weighted by Gasteiger charge is 2.12. The fourth-order valence-corrected chi connectivity index (χ4v) is 1.15. The molecule has 13 heavy (non-hydrogen) atoms. The van der Waals surface area contributed by atoms with Gasteiger partial charge >= 0.3 is 0 Å². The fourth-order valence-electron chi connectivity index (χ4n) is 1.15. The lowest BCUT2D eigenvalue weighted by Gasteiger charge is -2.22. The van der Waals surface area contributed by atoms with Gasteiger partial charge in [0.25, 0.3) is 0 Å². The van der Waals surface area contributed by atoms with E-state index in [0.29, 0.717) is 6.61 Å². The van der Waals surface area contributed by atoms with Crippen LogP contribution in [0.15, 0.2) is 12.7 Å². The number of hydrogen-bond donors (Lipinski definition) is 0. The van der Waals surface area contributed by atoms with E-state index in [0.717, 1.165) is 39.1 Å². The molecule has 1 saturated heterocycles. The summed E-state index contributed by atoms with van der Waals surface area (Å²) in [6.45, 7) is 6.71. The number of hydrogen-bond acceptors (Lipinski definition) is 3. The summed E-state index contributed by atoms with van der Waals surface area (Å²) in [5, 5.41) is 0. The average Bonchev–Trinajstić information content (AvgIpc) is 2.19. The lowest BCUT2D eigenvalue weighted by molar-refractivity contribution is -0.186. The monoisotopic (exact) mass is 186 g/mol. The summed E-state index contributed by atoms with van der Waals surface area (Å²) >= 11 is 0. The van der Waals surface area contributed by atoms with E-state index in [2.05, 4.69) is 6.58 Å². The molecule has 0 atom stereocenters. The van der Waals surface area contributed by atoms with E-state index >= 15 is 0 Å². The van der Waals surface area contributed by atoms with Crippen LogP contribution in [-0.2, 0) is 14.2 Å². The zero-order chi connectivity index (χ0) is 9.36. The second kappa shape index (κ2) is 7.06. The Morgan fingerprint density at radius 3 is 2.77 bits per heavy atom. The standard InChI is InChI=1S/C10H18O3/c1-2-3-6-11-9-5-10-12-7-4-8-13-10/h2,10H,1,3-9H2. The third kappa shape index (κ3) is 5.03. The molecule has 0 aromatic rings. The Balaban J connectivity index is 1.89. The first-order valence-corrected chi connectivity index (χ1v) is 4.85. The molecule has 0 aromatic heterocycles. The molecule has 1 rings (SSSR count). The van der Waals surface area contributed by atoms with E-state index in [1.165, 1.54) is 0 Å². The fraction of sp³-hybridized carbons (Fsp3) is 0.800. The number of ether oxygens (including phenoxy) is 3. The SMILES string of the molecule is C=CCCOCCC1OCCCO1. The van der Waals surface area contributed by atoms with Gasteiger partial charge in [0.1, 0.15) is 0 Å². The molecule has 0 aromatic carbocycles. The van der Waals surface area contributed by atoms with Crippen LogP contribution in [0.5, 0.6) is 0 Å². The van der Waals surface area contributed by atoms with Gasteiger partial charge in [0.05, 0.1) is 19.8 Å². The highest BCUT2D eigenvalue weighted by Crippen LogP contribution is 2.08. The maximum atomic E-state index is 5.36. The highest BCUT2D eigenvalue weighted by atomic mass is 16.7. The van der Waals surface area contributed by atoms with Gasteiger partial charge in [0.2, 0.25) is 0 Å². The number of rotatable bonds is 6. The zero-order valence-corrected chi connectivity index (χ0v) is 8.04. The van der Waals surface area contributed by atoms with Crippen molar-refractivity contribution in [3.63, 3.8) is 0 Å². The molecular formula is C10H18O3. The van der Waals surface area contributed by atoms with Gasteiger partial charge in [0, 0.05) is 13.0 Å². The molecule has 1 aliphatic heterocycles. The molecule has 76 valence electrons. The Kier molecular flexibility index (Phi) is 5.81. The molecule has 0 unspecified atom stereocenters. The van der Waals surface area contributed by atoms with E-state index < -0.39 is 0 Å². The van der Waals surface area contributed by atoms with Crippen LogP contribution in [0.25, 0.3) is 0 Å². The van der Waals surface area contributed by atoms with Gasteiger partial charge in [-0.3, -0.25) is 0 Å². The Morgan fingerprint density at radius 1 is 1.31 bits per heavy atom. The normalized spacial score (nSPS) is 18.8. The van der Waals surface area contributed by atoms with Crippen LogP contribution < -0.4 is 0 Å². The quantitative estimate of drug-likeness (QED) is 0.467. The maximum Gasteiger partial charge on any atom is 0.159 e. The maximum absolute atomic E-state index is 5.36. The van der Waals surface area contributed by atoms with Crippen LogP contribution in [0, 0.1) is 0 Å². The summed E-state index contributed by atoms with van der Waals surface area (Å²) in [7, 11) is 0. The Labute approximate surface area is 79.7 Å². The highest BCUT2D eigenvalue weighted by molar-refractivity contribution is 4.64. The first-order valence-electron chi connectivity index (χ1n) is 4.85. The third-order valence-electron chi connectivity index (χ3n) is 1.86. The third-order valence-corrected chi connectivity index (χ3v) is 1.86. The van der Waals surface area contributed by atoms with Crippen molar-refractivity contribution in [1.29, 1.82) is 0 Å². The average molecular weight is 186 g/mol. The molecule has 0 amide bonds. The van der Waals surface area contributed by atoms with Crippen LogP contribution in [0.3, 0.4) is 0 Å². The topological polar surface area (TPSA) is 27.7 Å². The van der Waals surface area contributed by atoms with Crippen molar-refractivity contribution >= 4 is 0 Å². The second-order valence-electron chi connectivity index (χ2n) is 3.00. The first-order chi connectivity index (χ1) is 6.43. The Hall–Kier alpha value is -0.380. The second-order valence-corrected chi connectivity index (χ2v) is 3.00. The molecule has 0 saturated carbocycles. The largest absolute Gasteiger partial charge is 0.381 e. The van der Waals surface area contributed by atoms with Crippen molar-refractivity contribution in [3.8, 4) is 0 Å². The molecule has 0 bridgehead atoms. The minimum absolute atomic E-state index is 0.0440. The summed E-state index contributed by atoms with van der Waals surface area (Å²) in [5.74, 6) is 0. The van der Waals surface area contributed by atoms with Gasteiger partial charge in [-0.15, -0.1) is 6.58 Å². The van der Waals surface area contributed by atoms with Gasteiger partial charge in [-0.25, -0.2) is 0 Å². The van der Waals surface area contributed by atoms with Crippen molar-refractivity contribution in [2.45, 2.75) is 25.6 Å². The van der Waals surface area contributed by atoms with Crippen molar-refractivity contribution in [3.05, 3.63) is 12.7 Å². The molecule has 3 heteroatoms. The predicted molar refractivity (Wildman–Crippen MR) is 50.6 cm³/mol. The van der Waals surface area contributed by atoms with Gasteiger partial charge < -0.3 is 14.2 Å². The summed E-state index contributed by atoms with van der Waals surface area (Å²) in [6.07, 6.45) is 4.56. The molecule has 1 heterocycles. The Bertz CT molecular complexity index is 130. The van der Waals surface area contributed by atoms with Crippen molar-refractivity contribution in [1.82, 2.24) is 0 Å². The molecule has 1 aliphatic rings. The summed E-state index contributed by atoms with van der Waals surface area (Å²) in [5.41, 5.74) is 0. The lowest BCUT2D eigenvalue weighted by Crippen LogP contribution is -2.26. The molecule has 0 spiro atoms. The van der Waals surface area contributed by atoms with Crippen LogP contribution >= 0.6 is 0 Å². The smallest absolute Gasteiger partial charge is 0.159 e. The van der Waals surface area contributed by atoms with Gasteiger partial charge in [-0.1, -0.05) is 6.08 Å². The van der Waals surface area contributed by atoms with E-state index in [4.69, 9.17) is 14.2 Å². The van der Waals surface area contributed by atoms with E-state index in [1.807, 2.05) is 6.08 Å². The van der Waals surface area contributed by atoms with Crippen molar-refractivity contribution < 1.29 is 14.2 Å². The van der Waals surface area contributed by atoms with E-state index in [1.54, 1.807) is 0 Å². The zero-order valence-electron chi connectivity index (χ0n) is 8.04. The van der Waals surface area contributed by atoms with Crippen molar-refractivity contribution in [2.75, 3.05) is 26.4 Å². The minimum Gasteiger partial charge on any atom is -0.381 e. The van der Waals surface area contributed by atoms with Crippen LogP contribution in [0.4, 0.5) is 0 Å². The molecule has 0 N–H and O–H groups in total. The first kappa shape index (κ1) is 10.7. The van der Waals surface area contributed by atoms with Crippen LogP contribution in [0.1, 0.15) is 19.3 Å². The van der Waals surface area contributed by atoms with E-state index in [-0.39, 0.29) is 6.29 Å².